The van der Waals surface area contributed by atoms with Gasteiger partial charge in [0.05, 0.1) is 20.6 Å². The maximum Gasteiger partial charge on any atom is 0.0905 e. The standard InChI is InChI=1S/C9H3BrCl3N/c10-4-1-5-8(13)7(12)3-14-9(5)6(11)2-4/h1-3H. The molecule has 0 saturated carbocycles. The molecule has 0 fully saturated rings. The molecule has 2 aromatic rings. The molecule has 1 heterocycles. The molecule has 14 heavy (non-hydrogen) atoms. The van der Waals surface area contributed by atoms with Gasteiger partial charge < -0.3 is 0 Å². The van der Waals surface area contributed by atoms with Crippen LogP contribution in [0.5, 0.6) is 0 Å². The molecule has 0 atom stereocenters. The fourth-order valence-corrected chi connectivity index (χ4v) is 2.37. The van der Waals surface area contributed by atoms with Gasteiger partial charge in [0.2, 0.25) is 0 Å². The number of nitrogens with zero attached hydrogens (tertiary/aromatic N) is 1. The Hall–Kier alpha value is -0.0200. The number of pyridine rings is 1. The quantitative estimate of drug-likeness (QED) is 0.670. The minimum atomic E-state index is 0.424. The van der Waals surface area contributed by atoms with Gasteiger partial charge in [0.1, 0.15) is 0 Å². The highest BCUT2D eigenvalue weighted by Crippen LogP contribution is 2.34. The summed E-state index contributed by atoms with van der Waals surface area (Å²) in [5.41, 5.74) is 0.657. The molecular formula is C9H3BrCl3N. The van der Waals surface area contributed by atoms with Gasteiger partial charge in [-0.3, -0.25) is 4.98 Å². The lowest BCUT2D eigenvalue weighted by molar-refractivity contribution is 1.41. The highest BCUT2D eigenvalue weighted by atomic mass is 79.9. The lowest BCUT2D eigenvalue weighted by Gasteiger charge is -2.04. The van der Waals surface area contributed by atoms with Gasteiger partial charge in [0, 0.05) is 16.1 Å². The van der Waals surface area contributed by atoms with Crippen molar-refractivity contribution in [1.82, 2.24) is 4.98 Å². The van der Waals surface area contributed by atoms with Crippen LogP contribution in [0.2, 0.25) is 15.1 Å². The van der Waals surface area contributed by atoms with Crippen molar-refractivity contribution < 1.29 is 0 Å². The van der Waals surface area contributed by atoms with Crippen molar-refractivity contribution >= 4 is 61.6 Å². The number of rotatable bonds is 0. The molecule has 1 aromatic carbocycles. The van der Waals surface area contributed by atoms with Crippen molar-refractivity contribution in [1.29, 1.82) is 0 Å². The molecule has 0 spiro atoms. The molecular weight excluding hydrogens is 308 g/mol. The Morgan fingerprint density at radius 2 is 1.79 bits per heavy atom. The number of benzene rings is 1. The van der Waals surface area contributed by atoms with Gasteiger partial charge in [-0.1, -0.05) is 50.7 Å². The summed E-state index contributed by atoms with van der Waals surface area (Å²) in [6.07, 6.45) is 1.49. The summed E-state index contributed by atoms with van der Waals surface area (Å²) >= 11 is 21.2. The Labute approximate surface area is 104 Å². The minimum absolute atomic E-state index is 0.424. The first-order valence-corrected chi connectivity index (χ1v) is 5.61. The van der Waals surface area contributed by atoms with E-state index in [0.717, 1.165) is 9.86 Å². The van der Waals surface area contributed by atoms with Crippen LogP contribution in [0.4, 0.5) is 0 Å². The Morgan fingerprint density at radius 1 is 1.07 bits per heavy atom. The van der Waals surface area contributed by atoms with Crippen LogP contribution in [0.15, 0.2) is 22.8 Å². The first-order valence-electron chi connectivity index (χ1n) is 3.68. The fourth-order valence-electron chi connectivity index (χ4n) is 1.17. The second-order valence-electron chi connectivity index (χ2n) is 2.70. The van der Waals surface area contributed by atoms with E-state index in [9.17, 15) is 0 Å². The second kappa shape index (κ2) is 3.86. The Balaban J connectivity index is 2.95. The van der Waals surface area contributed by atoms with Crippen molar-refractivity contribution in [2.75, 3.05) is 0 Å². The van der Waals surface area contributed by atoms with Crippen LogP contribution in [0.25, 0.3) is 10.9 Å². The molecule has 1 aromatic heterocycles. The average molecular weight is 311 g/mol. The van der Waals surface area contributed by atoms with Crippen LogP contribution >= 0.6 is 50.7 Å². The number of aromatic nitrogens is 1. The van der Waals surface area contributed by atoms with Crippen molar-refractivity contribution in [2.24, 2.45) is 0 Å². The van der Waals surface area contributed by atoms with E-state index in [4.69, 9.17) is 34.8 Å². The lowest BCUT2D eigenvalue weighted by atomic mass is 10.2. The molecule has 0 radical (unpaired) electrons. The summed E-state index contributed by atoms with van der Waals surface area (Å²) in [6, 6.07) is 3.60. The summed E-state index contributed by atoms with van der Waals surface area (Å²) in [5.74, 6) is 0. The number of hydrogen-bond donors (Lipinski definition) is 0. The molecule has 0 amide bonds. The largest absolute Gasteiger partial charge is 0.253 e. The highest BCUT2D eigenvalue weighted by molar-refractivity contribution is 9.10. The van der Waals surface area contributed by atoms with E-state index in [-0.39, 0.29) is 0 Å². The summed E-state index contributed by atoms with van der Waals surface area (Å²) < 4.78 is 0.848. The van der Waals surface area contributed by atoms with E-state index in [2.05, 4.69) is 20.9 Å². The monoisotopic (exact) mass is 309 g/mol. The normalized spacial score (nSPS) is 10.9. The van der Waals surface area contributed by atoms with Gasteiger partial charge in [-0.05, 0) is 12.1 Å². The van der Waals surface area contributed by atoms with Crippen LogP contribution in [0.3, 0.4) is 0 Å². The summed E-state index contributed by atoms with van der Waals surface area (Å²) in [7, 11) is 0. The van der Waals surface area contributed by atoms with E-state index in [1.165, 1.54) is 6.20 Å². The van der Waals surface area contributed by atoms with Crippen molar-refractivity contribution in [3.63, 3.8) is 0 Å². The van der Waals surface area contributed by atoms with Crippen molar-refractivity contribution in [3.8, 4) is 0 Å². The first kappa shape index (κ1) is 10.5. The molecule has 0 aliphatic heterocycles. The maximum absolute atomic E-state index is 6.02. The van der Waals surface area contributed by atoms with Gasteiger partial charge in [0.25, 0.3) is 0 Å². The van der Waals surface area contributed by atoms with Crippen molar-refractivity contribution in [3.05, 3.63) is 37.9 Å². The molecule has 0 bridgehead atoms. The summed E-state index contributed by atoms with van der Waals surface area (Å²) in [4.78, 5) is 4.11. The van der Waals surface area contributed by atoms with Gasteiger partial charge in [-0.2, -0.15) is 0 Å². The highest BCUT2D eigenvalue weighted by Gasteiger charge is 2.08. The lowest BCUT2D eigenvalue weighted by Crippen LogP contribution is -1.83. The molecule has 0 aliphatic rings. The molecule has 0 unspecified atom stereocenters. The molecule has 1 nitrogen and oxygen atoms in total. The zero-order valence-corrected chi connectivity index (χ0v) is 10.5. The predicted molar refractivity (Wildman–Crippen MR) is 64.5 cm³/mol. The van der Waals surface area contributed by atoms with Gasteiger partial charge in [-0.15, -0.1) is 0 Å². The Bertz CT molecular complexity index is 513. The molecule has 0 saturated heterocycles. The van der Waals surface area contributed by atoms with E-state index >= 15 is 0 Å². The van der Waals surface area contributed by atoms with Gasteiger partial charge >= 0.3 is 0 Å². The Kier molecular flexibility index (Phi) is 2.89. The SMILES string of the molecule is Clc1cnc2c(Cl)cc(Br)cc2c1Cl. The average Bonchev–Trinajstić information content (AvgIpc) is 2.12. The number of hydrogen-bond acceptors (Lipinski definition) is 1. The summed E-state index contributed by atoms with van der Waals surface area (Å²) in [5, 5.41) is 2.19. The molecule has 0 aliphatic carbocycles. The van der Waals surface area contributed by atoms with E-state index in [1.807, 2.05) is 6.07 Å². The molecule has 0 N–H and O–H groups in total. The third-order valence-corrected chi connectivity index (χ3v) is 3.32. The van der Waals surface area contributed by atoms with Crippen LogP contribution < -0.4 is 0 Å². The zero-order chi connectivity index (χ0) is 10.3. The number of halogens is 4. The van der Waals surface area contributed by atoms with E-state index in [1.54, 1.807) is 6.07 Å². The van der Waals surface area contributed by atoms with Crippen LogP contribution in [0.1, 0.15) is 0 Å². The van der Waals surface area contributed by atoms with E-state index < -0.39 is 0 Å². The Morgan fingerprint density at radius 3 is 2.50 bits per heavy atom. The number of fused-ring (bicyclic) bond motifs is 1. The van der Waals surface area contributed by atoms with Crippen LogP contribution in [-0.2, 0) is 0 Å². The van der Waals surface area contributed by atoms with E-state index in [0.29, 0.717) is 20.6 Å². The second-order valence-corrected chi connectivity index (χ2v) is 4.81. The van der Waals surface area contributed by atoms with Crippen LogP contribution in [0, 0.1) is 0 Å². The predicted octanol–water partition coefficient (Wildman–Crippen LogP) is 4.96. The van der Waals surface area contributed by atoms with Gasteiger partial charge in [-0.25, -0.2) is 0 Å². The topological polar surface area (TPSA) is 12.9 Å². The molecule has 72 valence electrons. The fraction of sp³-hybridized carbons (Fsp3) is 0. The third kappa shape index (κ3) is 1.72. The summed E-state index contributed by atoms with van der Waals surface area (Å²) in [6.45, 7) is 0. The first-order chi connectivity index (χ1) is 6.59. The maximum atomic E-state index is 6.02. The smallest absolute Gasteiger partial charge is 0.0905 e. The van der Waals surface area contributed by atoms with Gasteiger partial charge in [0.15, 0.2) is 0 Å². The third-order valence-electron chi connectivity index (χ3n) is 1.78. The zero-order valence-electron chi connectivity index (χ0n) is 6.69. The molecule has 2 rings (SSSR count). The molecule has 5 heteroatoms. The minimum Gasteiger partial charge on any atom is -0.253 e. The van der Waals surface area contributed by atoms with Crippen LogP contribution in [-0.4, -0.2) is 4.98 Å². The van der Waals surface area contributed by atoms with Crippen molar-refractivity contribution in [2.45, 2.75) is 0 Å².